The number of fused-ring (bicyclic) bond motifs is 1. The van der Waals surface area contributed by atoms with Gasteiger partial charge in [-0.25, -0.2) is 0 Å². The van der Waals surface area contributed by atoms with Crippen molar-refractivity contribution < 1.29 is 0 Å². The van der Waals surface area contributed by atoms with Gasteiger partial charge in [-0.1, -0.05) is 6.07 Å². The summed E-state index contributed by atoms with van der Waals surface area (Å²) in [7, 11) is 2.09. The lowest BCUT2D eigenvalue weighted by atomic mass is 10.3. The lowest BCUT2D eigenvalue weighted by molar-refractivity contribution is 0.258. The molecule has 4 heteroatoms. The summed E-state index contributed by atoms with van der Waals surface area (Å²) in [5.74, 6) is 0.988. The van der Waals surface area contributed by atoms with E-state index >= 15 is 0 Å². The Morgan fingerprint density at radius 1 is 1.33 bits per heavy atom. The minimum atomic E-state index is 0.515. The van der Waals surface area contributed by atoms with Crippen molar-refractivity contribution in [3.05, 3.63) is 30.2 Å². The zero-order chi connectivity index (χ0) is 10.8. The van der Waals surface area contributed by atoms with Crippen LogP contribution in [-0.2, 0) is 6.54 Å². The molecule has 2 aromatic rings. The maximum atomic E-state index is 4.19. The smallest absolute Gasteiger partial charge is 0.160 e. The molecule has 0 aliphatic carbocycles. The van der Waals surface area contributed by atoms with Gasteiger partial charge in [-0.15, -0.1) is 10.2 Å². The molecule has 0 saturated carbocycles. The van der Waals surface area contributed by atoms with Gasteiger partial charge in [-0.2, -0.15) is 0 Å². The first-order chi connectivity index (χ1) is 7.18. The molecule has 4 nitrogen and oxygen atoms in total. The van der Waals surface area contributed by atoms with Gasteiger partial charge in [-0.05, 0) is 33.0 Å². The molecular weight excluding hydrogens is 188 g/mol. The summed E-state index contributed by atoms with van der Waals surface area (Å²) in [4.78, 5) is 2.24. The number of pyridine rings is 1. The standard InChI is InChI=1S/C11H16N4/c1-9(2)14(3)8-11-13-12-10-6-4-5-7-15(10)11/h4-7,9H,8H2,1-3H3. The summed E-state index contributed by atoms with van der Waals surface area (Å²) < 4.78 is 2.03. The van der Waals surface area contributed by atoms with Crippen molar-refractivity contribution in [2.75, 3.05) is 7.05 Å². The molecule has 0 spiro atoms. The van der Waals surface area contributed by atoms with E-state index in [2.05, 4.69) is 36.0 Å². The van der Waals surface area contributed by atoms with Crippen LogP contribution in [0.1, 0.15) is 19.7 Å². The molecule has 0 atom stereocenters. The van der Waals surface area contributed by atoms with Crippen molar-refractivity contribution in [1.29, 1.82) is 0 Å². The molecule has 0 aromatic carbocycles. The van der Waals surface area contributed by atoms with Gasteiger partial charge < -0.3 is 0 Å². The van der Waals surface area contributed by atoms with Crippen LogP contribution in [0.2, 0.25) is 0 Å². The van der Waals surface area contributed by atoms with Crippen molar-refractivity contribution >= 4 is 5.65 Å². The highest BCUT2D eigenvalue weighted by Gasteiger charge is 2.09. The quantitative estimate of drug-likeness (QED) is 0.761. The summed E-state index contributed by atoms with van der Waals surface area (Å²) in [5, 5.41) is 8.31. The van der Waals surface area contributed by atoms with Gasteiger partial charge >= 0.3 is 0 Å². The summed E-state index contributed by atoms with van der Waals surface area (Å²) >= 11 is 0. The lowest BCUT2D eigenvalue weighted by Crippen LogP contribution is -2.26. The van der Waals surface area contributed by atoms with Crippen molar-refractivity contribution in [1.82, 2.24) is 19.5 Å². The molecule has 0 radical (unpaired) electrons. The van der Waals surface area contributed by atoms with Gasteiger partial charge in [0, 0.05) is 12.2 Å². The Hall–Kier alpha value is -1.42. The molecule has 0 N–H and O–H groups in total. The van der Waals surface area contributed by atoms with E-state index in [4.69, 9.17) is 0 Å². The van der Waals surface area contributed by atoms with E-state index in [0.29, 0.717) is 6.04 Å². The number of nitrogens with zero attached hydrogens (tertiary/aromatic N) is 4. The van der Waals surface area contributed by atoms with Crippen molar-refractivity contribution in [3.63, 3.8) is 0 Å². The van der Waals surface area contributed by atoms with E-state index in [9.17, 15) is 0 Å². The van der Waals surface area contributed by atoms with E-state index in [1.165, 1.54) is 0 Å². The summed E-state index contributed by atoms with van der Waals surface area (Å²) in [6.45, 7) is 5.16. The molecule has 0 amide bonds. The third-order valence-electron chi connectivity index (χ3n) is 2.66. The van der Waals surface area contributed by atoms with Crippen LogP contribution in [0.3, 0.4) is 0 Å². The Kier molecular flexibility index (Phi) is 2.68. The second-order valence-electron chi connectivity index (χ2n) is 4.05. The molecule has 15 heavy (non-hydrogen) atoms. The van der Waals surface area contributed by atoms with Crippen LogP contribution in [0.4, 0.5) is 0 Å². The van der Waals surface area contributed by atoms with Crippen LogP contribution < -0.4 is 0 Å². The van der Waals surface area contributed by atoms with Gasteiger partial charge in [0.1, 0.15) is 0 Å². The van der Waals surface area contributed by atoms with Crippen LogP contribution >= 0.6 is 0 Å². The van der Waals surface area contributed by atoms with Crippen LogP contribution in [-0.4, -0.2) is 32.6 Å². The molecule has 0 bridgehead atoms. The fraction of sp³-hybridized carbons (Fsp3) is 0.455. The van der Waals surface area contributed by atoms with Gasteiger partial charge in [0.25, 0.3) is 0 Å². The largest absolute Gasteiger partial charge is 0.297 e. The van der Waals surface area contributed by atoms with Gasteiger partial charge in [0.05, 0.1) is 6.54 Å². The number of hydrogen-bond acceptors (Lipinski definition) is 3. The normalized spacial score (nSPS) is 11.8. The average Bonchev–Trinajstić information content (AvgIpc) is 2.62. The SMILES string of the molecule is CC(C)N(C)Cc1nnc2ccccn12. The first-order valence-corrected chi connectivity index (χ1v) is 5.17. The fourth-order valence-electron chi connectivity index (χ4n) is 1.40. The Bertz CT molecular complexity index is 447. The molecule has 0 aliphatic heterocycles. The van der Waals surface area contributed by atoms with Crippen molar-refractivity contribution in [2.45, 2.75) is 26.4 Å². The van der Waals surface area contributed by atoms with E-state index in [1.807, 2.05) is 28.8 Å². The monoisotopic (exact) mass is 204 g/mol. The van der Waals surface area contributed by atoms with Crippen LogP contribution in [0.5, 0.6) is 0 Å². The van der Waals surface area contributed by atoms with Crippen LogP contribution in [0.25, 0.3) is 5.65 Å². The van der Waals surface area contributed by atoms with Crippen LogP contribution in [0, 0.1) is 0 Å². The predicted octanol–water partition coefficient (Wildman–Crippen LogP) is 1.57. The summed E-state index contributed by atoms with van der Waals surface area (Å²) in [5.41, 5.74) is 0.907. The maximum Gasteiger partial charge on any atom is 0.160 e. The molecule has 0 aliphatic rings. The van der Waals surface area contributed by atoms with Crippen LogP contribution in [0.15, 0.2) is 24.4 Å². The average molecular weight is 204 g/mol. The highest BCUT2D eigenvalue weighted by atomic mass is 15.3. The first-order valence-electron chi connectivity index (χ1n) is 5.17. The van der Waals surface area contributed by atoms with E-state index in [-0.39, 0.29) is 0 Å². The van der Waals surface area contributed by atoms with E-state index in [0.717, 1.165) is 18.0 Å². The maximum absolute atomic E-state index is 4.19. The van der Waals surface area contributed by atoms with Crippen molar-refractivity contribution in [2.24, 2.45) is 0 Å². The third kappa shape index (κ3) is 1.99. The van der Waals surface area contributed by atoms with Gasteiger partial charge in [-0.3, -0.25) is 9.30 Å². The third-order valence-corrected chi connectivity index (χ3v) is 2.66. The van der Waals surface area contributed by atoms with Gasteiger partial charge in [0.15, 0.2) is 11.5 Å². The summed E-state index contributed by atoms with van der Waals surface area (Å²) in [6.07, 6.45) is 2.00. The molecule has 80 valence electrons. The minimum Gasteiger partial charge on any atom is -0.297 e. The second kappa shape index (κ2) is 3.98. The number of aromatic nitrogens is 3. The molecule has 2 heterocycles. The van der Waals surface area contributed by atoms with Gasteiger partial charge in [0.2, 0.25) is 0 Å². The molecule has 2 aromatic heterocycles. The Morgan fingerprint density at radius 2 is 2.13 bits per heavy atom. The second-order valence-corrected chi connectivity index (χ2v) is 4.05. The molecule has 0 unspecified atom stereocenters. The van der Waals surface area contributed by atoms with E-state index in [1.54, 1.807) is 0 Å². The molecule has 0 saturated heterocycles. The highest BCUT2D eigenvalue weighted by Crippen LogP contribution is 2.06. The Labute approximate surface area is 89.5 Å². The zero-order valence-corrected chi connectivity index (χ0v) is 9.38. The Balaban J connectivity index is 2.29. The van der Waals surface area contributed by atoms with Crippen molar-refractivity contribution in [3.8, 4) is 0 Å². The molecule has 2 rings (SSSR count). The fourth-order valence-corrected chi connectivity index (χ4v) is 1.40. The number of hydrogen-bond donors (Lipinski definition) is 0. The molecule has 0 fully saturated rings. The lowest BCUT2D eigenvalue weighted by Gasteiger charge is -2.19. The predicted molar refractivity (Wildman–Crippen MR) is 59.6 cm³/mol. The Morgan fingerprint density at radius 3 is 2.87 bits per heavy atom. The topological polar surface area (TPSA) is 33.4 Å². The molecular formula is C11H16N4. The zero-order valence-electron chi connectivity index (χ0n) is 9.38. The number of rotatable bonds is 3. The summed E-state index contributed by atoms with van der Waals surface area (Å²) in [6, 6.07) is 6.45. The highest BCUT2D eigenvalue weighted by molar-refractivity contribution is 5.36. The first kappa shape index (κ1) is 10.1. The van der Waals surface area contributed by atoms with E-state index < -0.39 is 0 Å². The minimum absolute atomic E-state index is 0.515.